The van der Waals surface area contributed by atoms with Crippen molar-refractivity contribution in [2.24, 2.45) is 0 Å². The zero-order valence-electron chi connectivity index (χ0n) is 7.63. The summed E-state index contributed by atoms with van der Waals surface area (Å²) < 4.78 is 0. The molecule has 0 aliphatic carbocycles. The molecule has 3 heteroatoms. The zero-order chi connectivity index (χ0) is 8.55. The van der Waals surface area contributed by atoms with Crippen LogP contribution < -0.4 is 4.90 Å². The van der Waals surface area contributed by atoms with Crippen LogP contribution in [0.25, 0.3) is 0 Å². The summed E-state index contributed by atoms with van der Waals surface area (Å²) in [4.78, 5) is 6.93. The van der Waals surface area contributed by atoms with Gasteiger partial charge in [0.1, 0.15) is 5.00 Å². The van der Waals surface area contributed by atoms with Crippen molar-refractivity contribution in [2.45, 2.75) is 26.2 Å². The summed E-state index contributed by atoms with van der Waals surface area (Å²) in [5.74, 6) is 0. The van der Waals surface area contributed by atoms with Crippen LogP contribution in [-0.4, -0.2) is 18.6 Å². The van der Waals surface area contributed by atoms with Gasteiger partial charge in [0.15, 0.2) is 0 Å². The second-order valence-corrected chi connectivity index (χ2v) is 4.30. The molecule has 1 aromatic rings. The van der Waals surface area contributed by atoms with Crippen LogP contribution in [0, 0.1) is 0 Å². The third-order valence-corrected chi connectivity index (χ3v) is 3.63. The van der Waals surface area contributed by atoms with E-state index in [2.05, 4.69) is 23.9 Å². The van der Waals surface area contributed by atoms with E-state index >= 15 is 0 Å². The summed E-state index contributed by atoms with van der Waals surface area (Å²) in [5.41, 5.74) is 1.32. The molecule has 0 N–H and O–H groups in total. The van der Waals surface area contributed by atoms with E-state index < -0.39 is 0 Å². The molecule has 1 aliphatic rings. The maximum absolute atomic E-state index is 4.60. The van der Waals surface area contributed by atoms with Gasteiger partial charge in [0.25, 0.3) is 0 Å². The van der Waals surface area contributed by atoms with Gasteiger partial charge in [-0.2, -0.15) is 0 Å². The highest BCUT2D eigenvalue weighted by Gasteiger charge is 2.17. The molecule has 0 aromatic carbocycles. The van der Waals surface area contributed by atoms with Gasteiger partial charge in [0, 0.05) is 13.6 Å². The minimum absolute atomic E-state index is 1.07. The lowest BCUT2D eigenvalue weighted by molar-refractivity contribution is 0.735. The van der Waals surface area contributed by atoms with Crippen LogP contribution in [0.1, 0.15) is 24.0 Å². The van der Waals surface area contributed by atoms with Gasteiger partial charge in [-0.25, -0.2) is 4.98 Å². The quantitative estimate of drug-likeness (QED) is 0.661. The predicted octanol–water partition coefficient (Wildman–Crippen LogP) is 2.09. The third-order valence-electron chi connectivity index (χ3n) is 2.28. The molecule has 0 unspecified atom stereocenters. The van der Waals surface area contributed by atoms with Crippen molar-refractivity contribution in [3.8, 4) is 0 Å². The molecule has 0 saturated heterocycles. The Morgan fingerprint density at radius 2 is 2.42 bits per heavy atom. The summed E-state index contributed by atoms with van der Waals surface area (Å²) in [6.45, 7) is 3.36. The SMILES string of the molecule is CCc1nc2c(s1)N(C)CCC2. The summed E-state index contributed by atoms with van der Waals surface area (Å²) in [5, 5.41) is 2.69. The van der Waals surface area contributed by atoms with Gasteiger partial charge in [-0.05, 0) is 19.3 Å². The Kier molecular flexibility index (Phi) is 2.05. The first kappa shape index (κ1) is 8.05. The molecule has 0 spiro atoms. The van der Waals surface area contributed by atoms with Crippen LogP contribution in [0.15, 0.2) is 0 Å². The smallest absolute Gasteiger partial charge is 0.114 e. The normalized spacial score (nSPS) is 16.3. The fourth-order valence-corrected chi connectivity index (χ4v) is 2.63. The fourth-order valence-electron chi connectivity index (χ4n) is 1.59. The van der Waals surface area contributed by atoms with Crippen LogP contribution in [0.2, 0.25) is 0 Å². The molecule has 1 aliphatic heterocycles. The first-order valence-corrected chi connectivity index (χ1v) is 5.32. The van der Waals surface area contributed by atoms with Crippen molar-refractivity contribution in [1.29, 1.82) is 0 Å². The van der Waals surface area contributed by atoms with Crippen molar-refractivity contribution >= 4 is 16.3 Å². The van der Waals surface area contributed by atoms with Crippen LogP contribution in [0.4, 0.5) is 5.00 Å². The van der Waals surface area contributed by atoms with E-state index in [1.165, 1.54) is 35.1 Å². The molecule has 0 fully saturated rings. The van der Waals surface area contributed by atoms with Gasteiger partial charge < -0.3 is 4.90 Å². The van der Waals surface area contributed by atoms with Crippen molar-refractivity contribution in [2.75, 3.05) is 18.5 Å². The first-order valence-electron chi connectivity index (χ1n) is 4.51. The molecule has 12 heavy (non-hydrogen) atoms. The number of thiazole rings is 1. The number of rotatable bonds is 1. The Hall–Kier alpha value is -0.570. The molecular formula is C9H14N2S. The molecule has 2 heterocycles. The van der Waals surface area contributed by atoms with Crippen LogP contribution >= 0.6 is 11.3 Å². The number of fused-ring (bicyclic) bond motifs is 1. The Morgan fingerprint density at radius 1 is 1.58 bits per heavy atom. The summed E-state index contributed by atoms with van der Waals surface area (Å²) >= 11 is 1.86. The summed E-state index contributed by atoms with van der Waals surface area (Å²) in [6.07, 6.45) is 3.51. The van der Waals surface area contributed by atoms with Gasteiger partial charge in [0.05, 0.1) is 10.7 Å². The van der Waals surface area contributed by atoms with E-state index in [9.17, 15) is 0 Å². The predicted molar refractivity (Wildman–Crippen MR) is 53.1 cm³/mol. The van der Waals surface area contributed by atoms with Crippen molar-refractivity contribution in [1.82, 2.24) is 4.98 Å². The van der Waals surface area contributed by atoms with E-state index in [4.69, 9.17) is 0 Å². The molecule has 0 bridgehead atoms. The second-order valence-electron chi connectivity index (χ2n) is 3.24. The van der Waals surface area contributed by atoms with Crippen molar-refractivity contribution < 1.29 is 0 Å². The average Bonchev–Trinajstić information content (AvgIpc) is 2.49. The topological polar surface area (TPSA) is 16.1 Å². The standard InChI is InChI=1S/C9H14N2S/c1-3-8-10-7-5-4-6-11(2)9(7)12-8/h3-6H2,1-2H3. The van der Waals surface area contributed by atoms with Gasteiger partial charge in [-0.1, -0.05) is 6.92 Å². The lowest BCUT2D eigenvalue weighted by atomic mass is 10.2. The largest absolute Gasteiger partial charge is 0.365 e. The van der Waals surface area contributed by atoms with E-state index in [0.717, 1.165) is 6.42 Å². The molecule has 2 rings (SSSR count). The second kappa shape index (κ2) is 3.05. The molecule has 0 atom stereocenters. The maximum atomic E-state index is 4.60. The highest BCUT2D eigenvalue weighted by molar-refractivity contribution is 7.15. The summed E-state index contributed by atoms with van der Waals surface area (Å²) in [7, 11) is 2.16. The van der Waals surface area contributed by atoms with E-state index in [-0.39, 0.29) is 0 Å². The molecule has 0 amide bonds. The maximum Gasteiger partial charge on any atom is 0.114 e. The van der Waals surface area contributed by atoms with Crippen molar-refractivity contribution in [3.63, 3.8) is 0 Å². The van der Waals surface area contributed by atoms with Crippen molar-refractivity contribution in [3.05, 3.63) is 10.7 Å². The van der Waals surface area contributed by atoms with Gasteiger partial charge in [-0.3, -0.25) is 0 Å². The Morgan fingerprint density at radius 3 is 3.08 bits per heavy atom. The monoisotopic (exact) mass is 182 g/mol. The number of nitrogens with zero attached hydrogens (tertiary/aromatic N) is 2. The number of aromatic nitrogens is 1. The lowest BCUT2D eigenvalue weighted by Crippen LogP contribution is -2.23. The number of aryl methyl sites for hydroxylation is 2. The first-order chi connectivity index (χ1) is 5.81. The molecule has 0 radical (unpaired) electrons. The molecule has 0 saturated carbocycles. The highest BCUT2D eigenvalue weighted by atomic mass is 32.1. The Bertz CT molecular complexity index is 280. The third kappa shape index (κ3) is 1.22. The minimum atomic E-state index is 1.07. The molecule has 66 valence electrons. The van der Waals surface area contributed by atoms with Crippen LogP contribution in [0.5, 0.6) is 0 Å². The Balaban J connectivity index is 2.37. The van der Waals surface area contributed by atoms with Gasteiger partial charge in [0.2, 0.25) is 0 Å². The summed E-state index contributed by atoms with van der Waals surface area (Å²) in [6, 6.07) is 0. The molecule has 1 aromatic heterocycles. The average molecular weight is 182 g/mol. The van der Waals surface area contributed by atoms with E-state index in [0.29, 0.717) is 0 Å². The number of hydrogen-bond donors (Lipinski definition) is 0. The molecular weight excluding hydrogens is 168 g/mol. The van der Waals surface area contributed by atoms with Crippen LogP contribution in [0.3, 0.4) is 0 Å². The lowest BCUT2D eigenvalue weighted by Gasteiger charge is -2.22. The highest BCUT2D eigenvalue weighted by Crippen LogP contribution is 2.32. The van der Waals surface area contributed by atoms with Crippen LogP contribution in [-0.2, 0) is 12.8 Å². The van der Waals surface area contributed by atoms with E-state index in [1.807, 2.05) is 11.3 Å². The van der Waals surface area contributed by atoms with Gasteiger partial charge in [-0.15, -0.1) is 11.3 Å². The fraction of sp³-hybridized carbons (Fsp3) is 0.667. The van der Waals surface area contributed by atoms with E-state index in [1.54, 1.807) is 0 Å². The Labute approximate surface area is 77.2 Å². The zero-order valence-corrected chi connectivity index (χ0v) is 8.45. The number of hydrogen-bond acceptors (Lipinski definition) is 3. The molecule has 2 nitrogen and oxygen atoms in total. The van der Waals surface area contributed by atoms with Gasteiger partial charge >= 0.3 is 0 Å². The number of anilines is 1. The minimum Gasteiger partial charge on any atom is -0.365 e.